The number of esters is 1. The molecule has 3 heteroatoms. The van der Waals surface area contributed by atoms with E-state index < -0.39 is 0 Å². The molecule has 0 saturated carbocycles. The topological polar surface area (TPSA) is 43.4 Å². The van der Waals surface area contributed by atoms with Crippen LogP contribution in [-0.4, -0.2) is 18.9 Å². The average molecular weight is 230 g/mol. The molecule has 0 amide bonds. The molecule has 0 radical (unpaired) electrons. The van der Waals surface area contributed by atoms with Crippen LogP contribution in [0.5, 0.6) is 0 Å². The molecule has 0 fully saturated rings. The molecule has 1 aromatic rings. The molecule has 3 nitrogen and oxygen atoms in total. The van der Waals surface area contributed by atoms with Crippen molar-refractivity contribution >= 4 is 17.8 Å². The lowest BCUT2D eigenvalue weighted by molar-refractivity contribution is -0.145. The van der Waals surface area contributed by atoms with E-state index in [1.807, 2.05) is 18.2 Å². The third-order valence-corrected chi connectivity index (χ3v) is 3.10. The molecule has 88 valence electrons. The van der Waals surface area contributed by atoms with Crippen LogP contribution in [0.3, 0.4) is 0 Å². The predicted molar refractivity (Wildman–Crippen MR) is 64.7 cm³/mol. The fourth-order valence-corrected chi connectivity index (χ4v) is 2.19. The minimum Gasteiger partial charge on any atom is -0.469 e. The van der Waals surface area contributed by atoms with Crippen molar-refractivity contribution in [3.05, 3.63) is 41.5 Å². The number of fused-ring (bicyclic) bond motifs is 1. The van der Waals surface area contributed by atoms with Crippen LogP contribution in [0.15, 0.2) is 24.8 Å². The van der Waals surface area contributed by atoms with E-state index in [4.69, 9.17) is 4.74 Å². The zero-order valence-electron chi connectivity index (χ0n) is 9.73. The van der Waals surface area contributed by atoms with Gasteiger partial charge in [-0.1, -0.05) is 30.9 Å². The summed E-state index contributed by atoms with van der Waals surface area (Å²) in [6.45, 7) is 3.69. The van der Waals surface area contributed by atoms with E-state index in [9.17, 15) is 9.59 Å². The minimum atomic E-state index is -0.347. The molecule has 0 bridgehead atoms. The van der Waals surface area contributed by atoms with Crippen LogP contribution in [0.25, 0.3) is 6.08 Å². The highest BCUT2D eigenvalue weighted by atomic mass is 16.5. The van der Waals surface area contributed by atoms with Crippen LogP contribution in [0.2, 0.25) is 0 Å². The number of ketones is 1. The maximum atomic E-state index is 11.9. The highest BCUT2D eigenvalue weighted by Gasteiger charge is 2.30. The summed E-state index contributed by atoms with van der Waals surface area (Å²) in [5, 5.41) is 0. The van der Waals surface area contributed by atoms with Crippen molar-refractivity contribution in [2.75, 3.05) is 7.11 Å². The molecule has 1 atom stereocenters. The van der Waals surface area contributed by atoms with E-state index >= 15 is 0 Å². The smallest absolute Gasteiger partial charge is 0.309 e. The number of carbonyl (C=O) groups excluding carboxylic acids is 2. The van der Waals surface area contributed by atoms with Crippen LogP contribution < -0.4 is 0 Å². The van der Waals surface area contributed by atoms with E-state index in [0.717, 1.165) is 16.7 Å². The fraction of sp³-hybridized carbons (Fsp3) is 0.286. The van der Waals surface area contributed by atoms with Crippen molar-refractivity contribution in [2.45, 2.75) is 12.8 Å². The summed E-state index contributed by atoms with van der Waals surface area (Å²) in [6, 6.07) is 5.58. The van der Waals surface area contributed by atoms with Crippen LogP contribution in [-0.2, 0) is 16.0 Å². The van der Waals surface area contributed by atoms with Crippen molar-refractivity contribution in [2.24, 2.45) is 5.92 Å². The average Bonchev–Trinajstić information content (AvgIpc) is 2.36. The van der Waals surface area contributed by atoms with Gasteiger partial charge in [0, 0.05) is 12.0 Å². The summed E-state index contributed by atoms with van der Waals surface area (Å²) in [5.74, 6) is -0.648. The number of ether oxygens (including phenoxy) is 1. The number of rotatable bonds is 2. The third-order valence-electron chi connectivity index (χ3n) is 3.10. The van der Waals surface area contributed by atoms with Gasteiger partial charge in [-0.3, -0.25) is 9.59 Å². The monoisotopic (exact) mass is 230 g/mol. The molecule has 1 aliphatic rings. The normalized spacial score (nSPS) is 18.4. The van der Waals surface area contributed by atoms with Gasteiger partial charge in [-0.25, -0.2) is 0 Å². The first-order valence-corrected chi connectivity index (χ1v) is 5.52. The van der Waals surface area contributed by atoms with E-state index in [1.165, 1.54) is 7.11 Å². The summed E-state index contributed by atoms with van der Waals surface area (Å²) in [5.41, 5.74) is 2.59. The Morgan fingerprint density at radius 2 is 2.24 bits per heavy atom. The van der Waals surface area contributed by atoms with Gasteiger partial charge in [0.2, 0.25) is 0 Å². The lowest BCUT2D eigenvalue weighted by Gasteiger charge is -2.21. The molecule has 1 unspecified atom stereocenters. The molecular weight excluding hydrogens is 216 g/mol. The van der Waals surface area contributed by atoms with Crippen LogP contribution in [0.1, 0.15) is 27.9 Å². The Labute approximate surface area is 100 Å². The standard InChI is InChI=1S/C14H14O3/c1-3-9-4-5-12-10(6-9)7-11(8-13(12)15)14(16)17-2/h3-6,11H,1,7-8H2,2H3. The molecule has 17 heavy (non-hydrogen) atoms. The lowest BCUT2D eigenvalue weighted by Crippen LogP contribution is -2.27. The number of benzene rings is 1. The largest absolute Gasteiger partial charge is 0.469 e. The van der Waals surface area contributed by atoms with Gasteiger partial charge in [0.15, 0.2) is 5.78 Å². The fourth-order valence-electron chi connectivity index (χ4n) is 2.19. The first-order chi connectivity index (χ1) is 8.15. The molecule has 1 aromatic carbocycles. The van der Waals surface area contributed by atoms with Gasteiger partial charge in [0.25, 0.3) is 0 Å². The molecule has 0 aromatic heterocycles. The van der Waals surface area contributed by atoms with Gasteiger partial charge in [-0.05, 0) is 17.5 Å². The Hall–Kier alpha value is -1.90. The Balaban J connectivity index is 2.36. The molecular formula is C14H14O3. The molecule has 0 aliphatic heterocycles. The van der Waals surface area contributed by atoms with Crippen molar-refractivity contribution in [3.63, 3.8) is 0 Å². The number of carbonyl (C=O) groups is 2. The predicted octanol–water partition coefficient (Wildman–Crippen LogP) is 2.25. The van der Waals surface area contributed by atoms with Crippen molar-refractivity contribution in [3.8, 4) is 0 Å². The second-order valence-electron chi connectivity index (χ2n) is 4.17. The molecule has 2 rings (SSSR count). The maximum absolute atomic E-state index is 11.9. The lowest BCUT2D eigenvalue weighted by atomic mass is 9.82. The van der Waals surface area contributed by atoms with Gasteiger partial charge >= 0.3 is 5.97 Å². The Morgan fingerprint density at radius 1 is 1.47 bits per heavy atom. The number of Topliss-reactive ketones (excluding diaryl/α,β-unsaturated/α-hetero) is 1. The quantitative estimate of drug-likeness (QED) is 0.732. The van der Waals surface area contributed by atoms with E-state index in [1.54, 1.807) is 6.08 Å². The van der Waals surface area contributed by atoms with Crippen molar-refractivity contribution < 1.29 is 14.3 Å². The summed E-state index contributed by atoms with van der Waals surface area (Å²) >= 11 is 0. The van der Waals surface area contributed by atoms with Gasteiger partial charge in [-0.15, -0.1) is 0 Å². The molecule has 0 N–H and O–H groups in total. The molecule has 0 heterocycles. The second-order valence-corrected chi connectivity index (χ2v) is 4.17. The Morgan fingerprint density at radius 3 is 2.88 bits per heavy atom. The highest BCUT2D eigenvalue weighted by Crippen LogP contribution is 2.27. The number of hydrogen-bond donors (Lipinski definition) is 0. The van der Waals surface area contributed by atoms with Gasteiger partial charge in [-0.2, -0.15) is 0 Å². The number of hydrogen-bond acceptors (Lipinski definition) is 3. The van der Waals surface area contributed by atoms with Gasteiger partial charge in [0.05, 0.1) is 13.0 Å². The van der Waals surface area contributed by atoms with Crippen LogP contribution in [0.4, 0.5) is 0 Å². The van der Waals surface area contributed by atoms with Crippen LogP contribution in [0, 0.1) is 5.92 Å². The van der Waals surface area contributed by atoms with Crippen LogP contribution >= 0.6 is 0 Å². The first kappa shape index (κ1) is 11.6. The van der Waals surface area contributed by atoms with Gasteiger partial charge < -0.3 is 4.74 Å². The molecule has 0 spiro atoms. The summed E-state index contributed by atoms with van der Waals surface area (Å²) in [4.78, 5) is 23.4. The number of methoxy groups -OCH3 is 1. The van der Waals surface area contributed by atoms with E-state index in [-0.39, 0.29) is 24.1 Å². The van der Waals surface area contributed by atoms with Crippen molar-refractivity contribution in [1.82, 2.24) is 0 Å². The first-order valence-electron chi connectivity index (χ1n) is 5.52. The minimum absolute atomic E-state index is 0.0114. The molecule has 1 aliphatic carbocycles. The second kappa shape index (κ2) is 4.53. The SMILES string of the molecule is C=Cc1ccc2c(c1)CC(C(=O)OC)CC2=O. The van der Waals surface area contributed by atoms with Crippen molar-refractivity contribution in [1.29, 1.82) is 0 Å². The molecule has 0 saturated heterocycles. The highest BCUT2D eigenvalue weighted by molar-refractivity contribution is 6.01. The zero-order chi connectivity index (χ0) is 12.4. The Bertz CT molecular complexity index is 488. The summed E-state index contributed by atoms with van der Waals surface area (Å²) in [7, 11) is 1.35. The Kier molecular flexibility index (Phi) is 3.09. The van der Waals surface area contributed by atoms with E-state index in [2.05, 4.69) is 6.58 Å². The zero-order valence-corrected chi connectivity index (χ0v) is 9.73. The summed E-state index contributed by atoms with van der Waals surface area (Å²) in [6.07, 6.45) is 2.54. The maximum Gasteiger partial charge on any atom is 0.309 e. The van der Waals surface area contributed by atoms with E-state index in [0.29, 0.717) is 6.42 Å². The summed E-state index contributed by atoms with van der Waals surface area (Å²) < 4.78 is 4.70. The van der Waals surface area contributed by atoms with Gasteiger partial charge in [0.1, 0.15) is 0 Å². The third kappa shape index (κ3) is 2.13.